The molecule has 0 radical (unpaired) electrons. The zero-order valence-electron chi connectivity index (χ0n) is 16.9. The van der Waals surface area contributed by atoms with Crippen molar-refractivity contribution in [2.75, 3.05) is 25.0 Å². The van der Waals surface area contributed by atoms with E-state index in [1.54, 1.807) is 36.4 Å². The zero-order chi connectivity index (χ0) is 20.8. The first-order valence-corrected chi connectivity index (χ1v) is 10.9. The van der Waals surface area contributed by atoms with Crippen LogP contribution in [0.5, 0.6) is 5.75 Å². The molecule has 0 aliphatic carbocycles. The molecule has 1 N–H and O–H groups in total. The molecule has 1 heterocycles. The Kier molecular flexibility index (Phi) is 7.31. The summed E-state index contributed by atoms with van der Waals surface area (Å²) in [6, 6.07) is 12.5. The number of rotatable bonds is 7. The highest BCUT2D eigenvalue weighted by Crippen LogP contribution is 2.25. The average Bonchev–Trinajstić information content (AvgIpc) is 3.23. The second kappa shape index (κ2) is 9.92. The Balaban J connectivity index is 1.68. The molecule has 1 aliphatic heterocycles. The van der Waals surface area contributed by atoms with Crippen molar-refractivity contribution >= 4 is 33.4 Å². The third-order valence-electron chi connectivity index (χ3n) is 4.92. The van der Waals surface area contributed by atoms with E-state index in [0.29, 0.717) is 35.1 Å². The number of amides is 2. The summed E-state index contributed by atoms with van der Waals surface area (Å²) in [5.74, 6) is 0.898. The lowest BCUT2D eigenvalue weighted by Gasteiger charge is -2.16. The monoisotopic (exact) mass is 458 g/mol. The maximum atomic E-state index is 12.8. The number of anilines is 1. The molecule has 154 valence electrons. The summed E-state index contributed by atoms with van der Waals surface area (Å²) in [7, 11) is 0. The second-order valence-electron chi connectivity index (χ2n) is 7.70. The Bertz CT molecular complexity index is 859. The molecule has 0 unspecified atom stereocenters. The first-order chi connectivity index (χ1) is 13.9. The fourth-order valence-corrected chi connectivity index (χ4v) is 3.57. The number of carbonyl (C=O) groups excluding carboxylic acids is 2. The number of nitrogens with one attached hydrogen (secondary N) is 1. The van der Waals surface area contributed by atoms with E-state index in [2.05, 4.69) is 35.1 Å². The van der Waals surface area contributed by atoms with E-state index in [1.807, 2.05) is 11.0 Å². The highest BCUT2D eigenvalue weighted by molar-refractivity contribution is 9.10. The van der Waals surface area contributed by atoms with Gasteiger partial charge in [-0.2, -0.15) is 0 Å². The number of hydrogen-bond donors (Lipinski definition) is 1. The molecule has 0 saturated carbocycles. The predicted molar refractivity (Wildman–Crippen MR) is 119 cm³/mol. The molecule has 5 nitrogen and oxygen atoms in total. The molecule has 1 aliphatic rings. The van der Waals surface area contributed by atoms with Crippen molar-refractivity contribution in [2.45, 2.75) is 33.1 Å². The van der Waals surface area contributed by atoms with Crippen LogP contribution in [-0.4, -0.2) is 36.4 Å². The molecule has 0 bridgehead atoms. The normalized spacial score (nSPS) is 13.6. The summed E-state index contributed by atoms with van der Waals surface area (Å²) in [5, 5.41) is 2.90. The van der Waals surface area contributed by atoms with Gasteiger partial charge in [0.15, 0.2) is 0 Å². The minimum absolute atomic E-state index is 0.0493. The summed E-state index contributed by atoms with van der Waals surface area (Å²) in [4.78, 5) is 27.1. The fraction of sp³-hybridized carbons (Fsp3) is 0.391. The molecule has 2 aromatic carbocycles. The van der Waals surface area contributed by atoms with E-state index < -0.39 is 0 Å². The number of hydrogen-bond acceptors (Lipinski definition) is 3. The molecule has 0 aromatic heterocycles. The molecule has 3 rings (SSSR count). The standard InChI is InChI=1S/C23H27BrN2O3/c1-16(2)11-14-29-21-10-7-18(24)15-20(21)22(27)25-19-8-5-17(6-9-19)23(28)26-12-3-4-13-26/h5-10,15-16H,3-4,11-14H2,1-2H3,(H,25,27). The minimum atomic E-state index is -0.246. The molecule has 2 amide bonds. The summed E-state index contributed by atoms with van der Waals surface area (Å²) >= 11 is 3.42. The Hall–Kier alpha value is -2.34. The van der Waals surface area contributed by atoms with Gasteiger partial charge in [-0.15, -0.1) is 0 Å². The van der Waals surface area contributed by atoms with E-state index in [1.165, 1.54) is 0 Å². The van der Waals surface area contributed by atoms with Crippen LogP contribution in [0.4, 0.5) is 5.69 Å². The van der Waals surface area contributed by atoms with Gasteiger partial charge >= 0.3 is 0 Å². The van der Waals surface area contributed by atoms with Crippen molar-refractivity contribution < 1.29 is 14.3 Å². The number of ether oxygens (including phenoxy) is 1. The van der Waals surface area contributed by atoms with Gasteiger partial charge in [-0.05, 0) is 67.6 Å². The van der Waals surface area contributed by atoms with Crippen LogP contribution < -0.4 is 10.1 Å². The second-order valence-corrected chi connectivity index (χ2v) is 8.62. The van der Waals surface area contributed by atoms with Gasteiger partial charge < -0.3 is 15.0 Å². The van der Waals surface area contributed by atoms with Crippen molar-refractivity contribution in [1.82, 2.24) is 4.90 Å². The highest BCUT2D eigenvalue weighted by atomic mass is 79.9. The van der Waals surface area contributed by atoms with Gasteiger partial charge in [-0.3, -0.25) is 9.59 Å². The van der Waals surface area contributed by atoms with Crippen LogP contribution in [0.25, 0.3) is 0 Å². The number of benzene rings is 2. The number of nitrogens with zero attached hydrogens (tertiary/aromatic N) is 1. The van der Waals surface area contributed by atoms with E-state index in [-0.39, 0.29) is 11.8 Å². The quantitative estimate of drug-likeness (QED) is 0.606. The molecule has 1 saturated heterocycles. The van der Waals surface area contributed by atoms with Crippen LogP contribution in [0, 0.1) is 5.92 Å². The van der Waals surface area contributed by atoms with Crippen LogP contribution in [0.1, 0.15) is 53.8 Å². The molecule has 1 fully saturated rings. The third kappa shape index (κ3) is 5.82. The minimum Gasteiger partial charge on any atom is -0.493 e. The van der Waals surface area contributed by atoms with E-state index >= 15 is 0 Å². The summed E-state index contributed by atoms with van der Waals surface area (Å²) < 4.78 is 6.65. The van der Waals surface area contributed by atoms with Crippen LogP contribution >= 0.6 is 15.9 Å². The Morgan fingerprint density at radius 2 is 1.79 bits per heavy atom. The van der Waals surface area contributed by atoms with Crippen molar-refractivity contribution in [3.05, 3.63) is 58.1 Å². The molecule has 2 aromatic rings. The van der Waals surface area contributed by atoms with Crippen molar-refractivity contribution in [3.63, 3.8) is 0 Å². The molecule has 0 atom stereocenters. The lowest BCUT2D eigenvalue weighted by molar-refractivity contribution is 0.0792. The van der Waals surface area contributed by atoms with Gasteiger partial charge in [0.25, 0.3) is 11.8 Å². The van der Waals surface area contributed by atoms with Crippen molar-refractivity contribution in [2.24, 2.45) is 5.92 Å². The van der Waals surface area contributed by atoms with Crippen molar-refractivity contribution in [3.8, 4) is 5.75 Å². The Morgan fingerprint density at radius 3 is 2.45 bits per heavy atom. The van der Waals surface area contributed by atoms with E-state index in [4.69, 9.17) is 4.74 Å². The van der Waals surface area contributed by atoms with E-state index in [0.717, 1.165) is 36.8 Å². The fourth-order valence-electron chi connectivity index (χ4n) is 3.21. The molecule has 29 heavy (non-hydrogen) atoms. The lowest BCUT2D eigenvalue weighted by Crippen LogP contribution is -2.27. The van der Waals surface area contributed by atoms with Gasteiger partial charge in [0.1, 0.15) is 5.75 Å². The van der Waals surface area contributed by atoms with E-state index in [9.17, 15) is 9.59 Å². The van der Waals surface area contributed by atoms with Crippen LogP contribution in [0.3, 0.4) is 0 Å². The Morgan fingerprint density at radius 1 is 1.10 bits per heavy atom. The van der Waals surface area contributed by atoms with Crippen LogP contribution in [0.2, 0.25) is 0 Å². The number of likely N-dealkylation sites (tertiary alicyclic amines) is 1. The first-order valence-electron chi connectivity index (χ1n) is 10.1. The molecule has 0 spiro atoms. The summed E-state index contributed by atoms with van der Waals surface area (Å²) in [6.07, 6.45) is 3.05. The lowest BCUT2D eigenvalue weighted by atomic mass is 10.1. The zero-order valence-corrected chi connectivity index (χ0v) is 18.5. The van der Waals surface area contributed by atoms with Gasteiger partial charge in [-0.25, -0.2) is 0 Å². The summed E-state index contributed by atoms with van der Waals surface area (Å²) in [6.45, 7) is 6.47. The third-order valence-corrected chi connectivity index (χ3v) is 5.42. The molecule has 6 heteroatoms. The first kappa shape index (κ1) is 21.4. The maximum absolute atomic E-state index is 12.8. The topological polar surface area (TPSA) is 58.6 Å². The molecular formula is C23H27BrN2O3. The summed E-state index contributed by atoms with van der Waals surface area (Å²) in [5.41, 5.74) is 1.76. The molecular weight excluding hydrogens is 432 g/mol. The van der Waals surface area contributed by atoms with Gasteiger partial charge in [0.05, 0.1) is 12.2 Å². The largest absolute Gasteiger partial charge is 0.493 e. The van der Waals surface area contributed by atoms with Crippen LogP contribution in [-0.2, 0) is 0 Å². The van der Waals surface area contributed by atoms with Gasteiger partial charge in [-0.1, -0.05) is 29.8 Å². The maximum Gasteiger partial charge on any atom is 0.259 e. The Labute approximate surface area is 180 Å². The highest BCUT2D eigenvalue weighted by Gasteiger charge is 2.19. The smallest absolute Gasteiger partial charge is 0.259 e. The van der Waals surface area contributed by atoms with Crippen LogP contribution in [0.15, 0.2) is 46.9 Å². The van der Waals surface area contributed by atoms with Crippen molar-refractivity contribution in [1.29, 1.82) is 0 Å². The number of halogens is 1. The predicted octanol–water partition coefficient (Wildman–Crippen LogP) is 5.36. The average molecular weight is 459 g/mol. The van der Waals surface area contributed by atoms with Gasteiger partial charge in [0.2, 0.25) is 0 Å². The number of carbonyl (C=O) groups is 2. The SMILES string of the molecule is CC(C)CCOc1ccc(Br)cc1C(=O)Nc1ccc(C(=O)N2CCCC2)cc1. The van der Waals surface area contributed by atoms with Gasteiger partial charge in [0, 0.05) is 28.8 Å².